The Balaban J connectivity index is 0.00000341. The molecule has 0 saturated carbocycles. The molecular formula is C22H22BrClFN3O3. The average molecular weight is 511 g/mol. The van der Waals surface area contributed by atoms with Gasteiger partial charge in [-0.2, -0.15) is 0 Å². The van der Waals surface area contributed by atoms with Gasteiger partial charge in [-0.1, -0.05) is 34.1 Å². The zero-order valence-corrected chi connectivity index (χ0v) is 18.9. The number of benzene rings is 3. The number of hydrogen-bond acceptors (Lipinski definition) is 5. The van der Waals surface area contributed by atoms with Crippen molar-refractivity contribution < 1.29 is 14.1 Å². The molecule has 3 rings (SSSR count). The molecule has 0 aliphatic heterocycles. The van der Waals surface area contributed by atoms with Gasteiger partial charge in [-0.05, 0) is 36.4 Å². The topological polar surface area (TPSA) is 76.4 Å². The number of nitro benzene ring substituents is 1. The zero-order valence-electron chi connectivity index (χ0n) is 16.5. The molecule has 2 N–H and O–H groups in total. The van der Waals surface area contributed by atoms with Crippen LogP contribution in [0.3, 0.4) is 0 Å². The lowest BCUT2D eigenvalue weighted by Crippen LogP contribution is -2.22. The molecule has 0 aliphatic rings. The minimum Gasteiger partial charge on any atom is -0.488 e. The fourth-order valence-electron chi connectivity index (χ4n) is 2.82. The lowest BCUT2D eigenvalue weighted by Gasteiger charge is -2.14. The highest BCUT2D eigenvalue weighted by Gasteiger charge is 2.08. The van der Waals surface area contributed by atoms with E-state index in [0.717, 1.165) is 15.7 Å². The summed E-state index contributed by atoms with van der Waals surface area (Å²) in [7, 11) is 0. The van der Waals surface area contributed by atoms with Crippen LogP contribution in [0.15, 0.2) is 71.2 Å². The summed E-state index contributed by atoms with van der Waals surface area (Å²) < 4.78 is 20.6. The maximum Gasteiger partial charge on any atom is 0.269 e. The van der Waals surface area contributed by atoms with E-state index in [4.69, 9.17) is 4.74 Å². The Bertz CT molecular complexity index is 1010. The van der Waals surface area contributed by atoms with Crippen LogP contribution in [0.4, 0.5) is 15.8 Å². The second-order valence-corrected chi connectivity index (χ2v) is 7.46. The Labute approximate surface area is 194 Å². The molecule has 31 heavy (non-hydrogen) atoms. The van der Waals surface area contributed by atoms with Gasteiger partial charge in [-0.15, -0.1) is 12.4 Å². The largest absolute Gasteiger partial charge is 0.488 e. The number of halogens is 3. The first-order chi connectivity index (χ1) is 14.5. The van der Waals surface area contributed by atoms with Crippen LogP contribution in [-0.2, 0) is 13.2 Å². The van der Waals surface area contributed by atoms with Gasteiger partial charge in [-0.25, -0.2) is 4.39 Å². The summed E-state index contributed by atoms with van der Waals surface area (Å²) in [6, 6.07) is 18.6. The van der Waals surface area contributed by atoms with Crippen LogP contribution in [0, 0.1) is 15.9 Å². The summed E-state index contributed by atoms with van der Waals surface area (Å²) in [5.74, 6) is 0.406. The molecule has 6 nitrogen and oxygen atoms in total. The van der Waals surface area contributed by atoms with Crippen LogP contribution in [-0.4, -0.2) is 18.0 Å². The number of ether oxygens (including phenoxy) is 1. The molecule has 9 heteroatoms. The quantitative estimate of drug-likeness (QED) is 0.208. The van der Waals surface area contributed by atoms with E-state index in [0.29, 0.717) is 30.9 Å². The average Bonchev–Trinajstić information content (AvgIpc) is 2.74. The highest BCUT2D eigenvalue weighted by Crippen LogP contribution is 2.24. The summed E-state index contributed by atoms with van der Waals surface area (Å²) in [6.07, 6.45) is 0. The summed E-state index contributed by atoms with van der Waals surface area (Å²) in [6.45, 7) is 2.06. The Morgan fingerprint density at radius 1 is 1.00 bits per heavy atom. The van der Waals surface area contributed by atoms with Crippen molar-refractivity contribution in [2.24, 2.45) is 0 Å². The van der Waals surface area contributed by atoms with Crippen LogP contribution >= 0.6 is 28.3 Å². The predicted molar refractivity (Wildman–Crippen MR) is 125 cm³/mol. The maximum absolute atomic E-state index is 13.8. The van der Waals surface area contributed by atoms with Crippen molar-refractivity contribution in [2.45, 2.75) is 13.2 Å². The zero-order chi connectivity index (χ0) is 21.3. The van der Waals surface area contributed by atoms with Gasteiger partial charge < -0.3 is 15.4 Å². The number of rotatable bonds is 10. The standard InChI is InChI=1S/C22H21BrFN3O3.ClH/c23-18-5-10-22(30-15-16-3-1-2-4-21(16)24)17(13-18)14-25-11-12-26-19-6-8-20(9-7-19)27(28)29;/h1-10,13,25-26H,11-12,14-15H2;1H. The van der Waals surface area contributed by atoms with Crippen molar-refractivity contribution in [3.8, 4) is 5.75 Å². The van der Waals surface area contributed by atoms with Crippen molar-refractivity contribution in [3.63, 3.8) is 0 Å². The van der Waals surface area contributed by atoms with Gasteiger partial charge in [0.1, 0.15) is 18.2 Å². The van der Waals surface area contributed by atoms with Crippen molar-refractivity contribution >= 4 is 39.7 Å². The highest BCUT2D eigenvalue weighted by molar-refractivity contribution is 9.10. The number of nitrogens with one attached hydrogen (secondary N) is 2. The second kappa shape index (κ2) is 12.2. The summed E-state index contributed by atoms with van der Waals surface area (Å²) in [4.78, 5) is 10.3. The van der Waals surface area contributed by atoms with Crippen molar-refractivity contribution in [3.05, 3.63) is 98.3 Å². The Morgan fingerprint density at radius 2 is 1.74 bits per heavy atom. The molecule has 0 fully saturated rings. The summed E-state index contributed by atoms with van der Waals surface area (Å²) >= 11 is 3.47. The number of nitro groups is 1. The van der Waals surface area contributed by atoms with Crippen molar-refractivity contribution in [2.75, 3.05) is 18.4 Å². The third-order valence-electron chi connectivity index (χ3n) is 4.39. The fraction of sp³-hybridized carbons (Fsp3) is 0.182. The Hall–Kier alpha value is -2.68. The minimum absolute atomic E-state index is 0. The van der Waals surface area contributed by atoms with E-state index < -0.39 is 4.92 Å². The van der Waals surface area contributed by atoms with Crippen molar-refractivity contribution in [1.82, 2.24) is 5.32 Å². The first kappa shape index (κ1) is 24.6. The van der Waals surface area contributed by atoms with Crippen LogP contribution in [0.2, 0.25) is 0 Å². The predicted octanol–water partition coefficient (Wildman–Crippen LogP) is 5.70. The van der Waals surface area contributed by atoms with Crippen LogP contribution in [0.1, 0.15) is 11.1 Å². The van der Waals surface area contributed by atoms with E-state index in [1.54, 1.807) is 30.3 Å². The number of hydrogen-bond donors (Lipinski definition) is 2. The molecule has 0 bridgehead atoms. The van der Waals surface area contributed by atoms with E-state index in [2.05, 4.69) is 26.6 Å². The molecule has 3 aromatic carbocycles. The molecule has 3 aromatic rings. The lowest BCUT2D eigenvalue weighted by atomic mass is 10.2. The Morgan fingerprint density at radius 3 is 2.45 bits per heavy atom. The third kappa shape index (κ3) is 7.50. The van der Waals surface area contributed by atoms with E-state index >= 15 is 0 Å². The molecule has 0 aromatic heterocycles. The third-order valence-corrected chi connectivity index (χ3v) is 4.88. The summed E-state index contributed by atoms with van der Waals surface area (Å²) in [5.41, 5.74) is 2.35. The van der Waals surface area contributed by atoms with E-state index in [9.17, 15) is 14.5 Å². The first-order valence-electron chi connectivity index (χ1n) is 9.36. The summed E-state index contributed by atoms with van der Waals surface area (Å²) in [5, 5.41) is 17.2. The molecule has 0 heterocycles. The van der Waals surface area contributed by atoms with Gasteiger partial charge in [0.2, 0.25) is 0 Å². The number of non-ortho nitro benzene ring substituents is 1. The van der Waals surface area contributed by atoms with Gasteiger partial charge in [0.15, 0.2) is 0 Å². The van der Waals surface area contributed by atoms with E-state index in [-0.39, 0.29) is 30.5 Å². The molecule has 0 spiro atoms. The second-order valence-electron chi connectivity index (χ2n) is 6.54. The molecule has 164 valence electrons. The molecule has 0 aliphatic carbocycles. The van der Waals surface area contributed by atoms with Gasteiger partial charge in [0, 0.05) is 53.1 Å². The lowest BCUT2D eigenvalue weighted by molar-refractivity contribution is -0.384. The van der Waals surface area contributed by atoms with E-state index in [1.165, 1.54) is 18.2 Å². The highest BCUT2D eigenvalue weighted by atomic mass is 79.9. The molecule has 0 atom stereocenters. The van der Waals surface area contributed by atoms with Crippen LogP contribution in [0.5, 0.6) is 5.75 Å². The van der Waals surface area contributed by atoms with Gasteiger partial charge in [0.05, 0.1) is 4.92 Å². The first-order valence-corrected chi connectivity index (χ1v) is 10.2. The molecular weight excluding hydrogens is 489 g/mol. The van der Waals surface area contributed by atoms with Gasteiger partial charge in [0.25, 0.3) is 5.69 Å². The minimum atomic E-state index is -0.421. The molecule has 0 saturated heterocycles. The Kier molecular flexibility index (Phi) is 9.71. The number of nitrogens with zero attached hydrogens (tertiary/aromatic N) is 1. The fourth-order valence-corrected chi connectivity index (χ4v) is 3.23. The molecule has 0 unspecified atom stereocenters. The van der Waals surface area contributed by atoms with Crippen LogP contribution < -0.4 is 15.4 Å². The normalized spacial score (nSPS) is 10.3. The SMILES string of the molecule is Cl.O=[N+]([O-])c1ccc(NCCNCc2cc(Br)ccc2OCc2ccccc2F)cc1. The van der Waals surface area contributed by atoms with Gasteiger partial charge >= 0.3 is 0 Å². The molecule has 0 radical (unpaired) electrons. The van der Waals surface area contributed by atoms with Crippen molar-refractivity contribution in [1.29, 1.82) is 0 Å². The van der Waals surface area contributed by atoms with Crippen LogP contribution in [0.25, 0.3) is 0 Å². The van der Waals surface area contributed by atoms with Gasteiger partial charge in [-0.3, -0.25) is 10.1 Å². The number of anilines is 1. The molecule has 0 amide bonds. The van der Waals surface area contributed by atoms with E-state index in [1.807, 2.05) is 18.2 Å². The maximum atomic E-state index is 13.8. The smallest absolute Gasteiger partial charge is 0.269 e. The monoisotopic (exact) mass is 509 g/mol.